The summed E-state index contributed by atoms with van der Waals surface area (Å²) in [7, 11) is 0. The first-order valence-electron chi connectivity index (χ1n) is 7.42. The van der Waals surface area contributed by atoms with Gasteiger partial charge in [-0.25, -0.2) is 0 Å². The first-order valence-corrected chi connectivity index (χ1v) is 7.42. The normalized spacial score (nSPS) is 60.8. The molecule has 3 unspecified atom stereocenters. The molecule has 5 aliphatic carbocycles. The molecule has 0 amide bonds. The Hall–Kier alpha value is -0.120. The van der Waals surface area contributed by atoms with Gasteiger partial charge in [0.25, 0.3) is 0 Å². The van der Waals surface area contributed by atoms with Crippen molar-refractivity contribution in [1.29, 1.82) is 0 Å². The number of aliphatic hydroxyl groups excluding tert-OH is 2. The van der Waals surface area contributed by atoms with E-state index in [1.54, 1.807) is 0 Å². The molecule has 5 rings (SSSR count). The topological polar surface area (TPSA) is 49.7 Å². The number of hydrogen-bond acceptors (Lipinski definition) is 3. The molecule has 2 N–H and O–H groups in total. The molecule has 0 aliphatic heterocycles. The smallest absolute Gasteiger partial charge is 0.0802 e. The van der Waals surface area contributed by atoms with Gasteiger partial charge in [0.2, 0.25) is 0 Å². The van der Waals surface area contributed by atoms with Crippen LogP contribution in [0.5, 0.6) is 0 Å². The van der Waals surface area contributed by atoms with Gasteiger partial charge in [0.05, 0.1) is 23.9 Å². The van der Waals surface area contributed by atoms with E-state index in [4.69, 9.17) is 4.74 Å². The molecule has 0 radical (unpaired) electrons. The Morgan fingerprint density at radius 3 is 1.78 bits per heavy atom. The van der Waals surface area contributed by atoms with E-state index in [0.717, 1.165) is 30.6 Å². The summed E-state index contributed by atoms with van der Waals surface area (Å²) in [5, 5.41) is 20.0. The lowest BCUT2D eigenvalue weighted by Gasteiger charge is -2.30. The molecule has 0 aromatic rings. The fraction of sp³-hybridized carbons (Fsp3) is 1.00. The fourth-order valence-corrected chi connectivity index (χ4v) is 5.61. The van der Waals surface area contributed by atoms with Crippen LogP contribution in [-0.2, 0) is 4.74 Å². The predicted molar refractivity (Wildman–Crippen MR) is 66.8 cm³/mol. The predicted octanol–water partition coefficient (Wildman–Crippen LogP) is 1.42. The molecule has 18 heavy (non-hydrogen) atoms. The van der Waals surface area contributed by atoms with Crippen LogP contribution in [0.25, 0.3) is 0 Å². The average Bonchev–Trinajstić information content (AvgIpc) is 2.71. The molecule has 0 heterocycles. The largest absolute Gasteiger partial charge is 0.390 e. The quantitative estimate of drug-likeness (QED) is 0.742. The van der Waals surface area contributed by atoms with Crippen LogP contribution in [0.3, 0.4) is 0 Å². The SMILES string of the molecule is CC(C)(C)OC1C2[C@@H]3[C@H]2[C@H]2C[C@H](O)[C@H](O)C[C@@H]3C12. The van der Waals surface area contributed by atoms with E-state index in [-0.39, 0.29) is 5.60 Å². The molecular formula is C15H24O3. The van der Waals surface area contributed by atoms with Crippen LogP contribution in [0.2, 0.25) is 0 Å². The highest BCUT2D eigenvalue weighted by Gasteiger charge is 2.79. The van der Waals surface area contributed by atoms with Crippen LogP contribution in [0, 0.1) is 35.5 Å². The Bertz CT molecular complexity index is 350. The highest BCUT2D eigenvalue weighted by molar-refractivity contribution is 5.26. The number of rotatable bonds is 1. The van der Waals surface area contributed by atoms with Crippen molar-refractivity contribution >= 4 is 0 Å². The Morgan fingerprint density at radius 2 is 1.33 bits per heavy atom. The molecule has 5 aliphatic rings. The molecule has 0 spiro atoms. The summed E-state index contributed by atoms with van der Waals surface area (Å²) >= 11 is 0. The lowest BCUT2D eigenvalue weighted by Crippen LogP contribution is -2.32. The van der Waals surface area contributed by atoms with Gasteiger partial charge in [-0.05, 0) is 69.1 Å². The van der Waals surface area contributed by atoms with Crippen molar-refractivity contribution in [1.82, 2.24) is 0 Å². The highest BCUT2D eigenvalue weighted by Crippen LogP contribution is 2.79. The minimum Gasteiger partial charge on any atom is -0.390 e. The summed E-state index contributed by atoms with van der Waals surface area (Å²) < 4.78 is 6.31. The Kier molecular flexibility index (Phi) is 2.15. The summed E-state index contributed by atoms with van der Waals surface area (Å²) in [5.41, 5.74) is -0.0737. The summed E-state index contributed by atoms with van der Waals surface area (Å²) in [5.74, 6) is 4.18. The van der Waals surface area contributed by atoms with Crippen LogP contribution in [0.15, 0.2) is 0 Å². The lowest BCUT2D eigenvalue weighted by molar-refractivity contribution is -0.0835. The second kappa shape index (κ2) is 3.31. The van der Waals surface area contributed by atoms with Crippen molar-refractivity contribution in [3.63, 3.8) is 0 Å². The average molecular weight is 252 g/mol. The number of ether oxygens (including phenoxy) is 1. The van der Waals surface area contributed by atoms with Gasteiger partial charge in [0, 0.05) is 0 Å². The first-order chi connectivity index (χ1) is 8.38. The van der Waals surface area contributed by atoms with E-state index in [1.807, 2.05) is 0 Å². The third-order valence-corrected chi connectivity index (χ3v) is 5.89. The standard InChI is InChI=1S/C15H24O3/c1-15(2,3)18-14-10-6-4-8(16)9(17)5-7(10)12-11(6)13(12)14/h6-14,16-17H,4-5H2,1-3H3/t6-,7+,8-,9+,10?,11+,12-,13?,14?. The fourth-order valence-electron chi connectivity index (χ4n) is 5.61. The Morgan fingerprint density at radius 1 is 0.833 bits per heavy atom. The zero-order valence-corrected chi connectivity index (χ0v) is 11.4. The van der Waals surface area contributed by atoms with Gasteiger partial charge >= 0.3 is 0 Å². The van der Waals surface area contributed by atoms with Crippen LogP contribution in [0.1, 0.15) is 33.6 Å². The van der Waals surface area contributed by atoms with E-state index in [9.17, 15) is 10.2 Å². The first kappa shape index (κ1) is 11.7. The van der Waals surface area contributed by atoms with Gasteiger partial charge < -0.3 is 14.9 Å². The number of hydrogen-bond donors (Lipinski definition) is 2. The van der Waals surface area contributed by atoms with Gasteiger partial charge in [-0.15, -0.1) is 0 Å². The number of aliphatic hydroxyl groups is 2. The molecule has 0 aromatic heterocycles. The second-order valence-electron chi connectivity index (χ2n) is 7.94. The molecule has 0 aromatic carbocycles. The van der Waals surface area contributed by atoms with Crippen LogP contribution in [0.4, 0.5) is 0 Å². The summed E-state index contributed by atoms with van der Waals surface area (Å²) in [6.07, 6.45) is 0.984. The van der Waals surface area contributed by atoms with Crippen molar-refractivity contribution in [3.8, 4) is 0 Å². The monoisotopic (exact) mass is 252 g/mol. The van der Waals surface area contributed by atoms with E-state index < -0.39 is 12.2 Å². The Labute approximate surface area is 109 Å². The molecule has 0 saturated heterocycles. The van der Waals surface area contributed by atoms with Crippen molar-refractivity contribution in [2.45, 2.75) is 57.5 Å². The van der Waals surface area contributed by atoms with Gasteiger partial charge in [-0.3, -0.25) is 0 Å². The summed E-state index contributed by atoms with van der Waals surface area (Å²) in [6.45, 7) is 6.40. The molecule has 5 saturated carbocycles. The maximum atomic E-state index is 9.98. The Balaban J connectivity index is 1.61. The highest BCUT2D eigenvalue weighted by atomic mass is 16.5. The van der Waals surface area contributed by atoms with Crippen molar-refractivity contribution in [2.24, 2.45) is 35.5 Å². The van der Waals surface area contributed by atoms with Crippen molar-refractivity contribution in [3.05, 3.63) is 0 Å². The minimum atomic E-state index is -0.502. The van der Waals surface area contributed by atoms with E-state index in [2.05, 4.69) is 20.8 Å². The van der Waals surface area contributed by atoms with Crippen LogP contribution in [-0.4, -0.2) is 34.1 Å². The van der Waals surface area contributed by atoms with E-state index in [1.165, 1.54) is 0 Å². The van der Waals surface area contributed by atoms with E-state index in [0.29, 0.717) is 23.9 Å². The molecule has 9 atom stereocenters. The molecule has 102 valence electrons. The van der Waals surface area contributed by atoms with Gasteiger partial charge in [0.15, 0.2) is 0 Å². The maximum Gasteiger partial charge on any atom is 0.0802 e. The molecular weight excluding hydrogens is 228 g/mol. The van der Waals surface area contributed by atoms with E-state index >= 15 is 0 Å². The summed E-state index contributed by atoms with van der Waals surface area (Å²) in [6, 6.07) is 0. The van der Waals surface area contributed by atoms with Gasteiger partial charge in [0.1, 0.15) is 0 Å². The zero-order valence-electron chi connectivity index (χ0n) is 11.4. The minimum absolute atomic E-state index is 0.0737. The third kappa shape index (κ3) is 1.36. The van der Waals surface area contributed by atoms with Crippen molar-refractivity contribution < 1.29 is 14.9 Å². The third-order valence-electron chi connectivity index (χ3n) is 5.89. The lowest BCUT2D eigenvalue weighted by atomic mass is 9.89. The van der Waals surface area contributed by atoms with Crippen LogP contribution >= 0.6 is 0 Å². The second-order valence-corrected chi connectivity index (χ2v) is 7.94. The van der Waals surface area contributed by atoms with Gasteiger partial charge in [-0.2, -0.15) is 0 Å². The molecule has 3 nitrogen and oxygen atoms in total. The molecule has 5 fully saturated rings. The van der Waals surface area contributed by atoms with Crippen LogP contribution < -0.4 is 0 Å². The zero-order chi connectivity index (χ0) is 12.8. The maximum absolute atomic E-state index is 9.98. The molecule has 3 heteroatoms. The molecule has 6 bridgehead atoms. The van der Waals surface area contributed by atoms with Gasteiger partial charge in [-0.1, -0.05) is 0 Å². The van der Waals surface area contributed by atoms with Crippen molar-refractivity contribution in [2.75, 3.05) is 0 Å². The summed E-state index contributed by atoms with van der Waals surface area (Å²) in [4.78, 5) is 0.